The highest BCUT2D eigenvalue weighted by Gasteiger charge is 2.28. The SMILES string of the molecule is CCNc1ccc(Br)cc1NC(=O)[C@@H]1CNC(=O)C1. The van der Waals surface area contributed by atoms with E-state index in [9.17, 15) is 9.59 Å². The summed E-state index contributed by atoms with van der Waals surface area (Å²) in [6.45, 7) is 3.18. The van der Waals surface area contributed by atoms with Gasteiger partial charge in [0.05, 0.1) is 17.3 Å². The molecule has 0 unspecified atom stereocenters. The second kappa shape index (κ2) is 6.06. The van der Waals surface area contributed by atoms with Crippen LogP contribution < -0.4 is 16.0 Å². The van der Waals surface area contributed by atoms with Crippen LogP contribution in [0.3, 0.4) is 0 Å². The van der Waals surface area contributed by atoms with Gasteiger partial charge in [0.25, 0.3) is 0 Å². The van der Waals surface area contributed by atoms with Gasteiger partial charge < -0.3 is 16.0 Å². The van der Waals surface area contributed by atoms with Crippen molar-refractivity contribution in [3.63, 3.8) is 0 Å². The second-order valence-electron chi connectivity index (χ2n) is 4.41. The van der Waals surface area contributed by atoms with Crippen molar-refractivity contribution < 1.29 is 9.59 Å². The van der Waals surface area contributed by atoms with Gasteiger partial charge in [-0.25, -0.2) is 0 Å². The fourth-order valence-corrected chi connectivity index (χ4v) is 2.35. The summed E-state index contributed by atoms with van der Waals surface area (Å²) in [6, 6.07) is 5.66. The smallest absolute Gasteiger partial charge is 0.229 e. The van der Waals surface area contributed by atoms with Crippen LogP contribution in [0.25, 0.3) is 0 Å². The number of carbonyl (C=O) groups excluding carboxylic acids is 2. The van der Waals surface area contributed by atoms with Crippen LogP contribution in [0.1, 0.15) is 13.3 Å². The standard InChI is InChI=1S/C13H16BrN3O2/c1-2-15-10-4-3-9(14)6-11(10)17-13(19)8-5-12(18)16-7-8/h3-4,6,8,15H,2,5,7H2,1H3,(H,16,18)(H,17,19)/t8-/m0/s1. The number of hydrogen-bond acceptors (Lipinski definition) is 3. The van der Waals surface area contributed by atoms with Crippen molar-refractivity contribution in [2.24, 2.45) is 5.92 Å². The minimum absolute atomic E-state index is 0.0682. The molecule has 1 fully saturated rings. The van der Waals surface area contributed by atoms with E-state index < -0.39 is 0 Å². The number of amides is 2. The van der Waals surface area contributed by atoms with E-state index in [1.165, 1.54) is 0 Å². The molecular formula is C13H16BrN3O2. The number of nitrogens with one attached hydrogen (secondary N) is 3. The lowest BCUT2D eigenvalue weighted by Gasteiger charge is -2.14. The zero-order valence-electron chi connectivity index (χ0n) is 10.6. The lowest BCUT2D eigenvalue weighted by molar-refractivity contribution is -0.123. The Morgan fingerprint density at radius 1 is 1.47 bits per heavy atom. The number of hydrogen-bond donors (Lipinski definition) is 3. The first-order valence-electron chi connectivity index (χ1n) is 6.21. The van der Waals surface area contributed by atoms with Gasteiger partial charge in [-0.2, -0.15) is 0 Å². The maximum Gasteiger partial charge on any atom is 0.229 e. The van der Waals surface area contributed by atoms with E-state index in [2.05, 4.69) is 31.9 Å². The highest BCUT2D eigenvalue weighted by molar-refractivity contribution is 9.10. The molecule has 1 saturated heterocycles. The highest BCUT2D eigenvalue weighted by atomic mass is 79.9. The average molecular weight is 326 g/mol. The van der Waals surface area contributed by atoms with E-state index in [0.717, 1.165) is 22.4 Å². The Morgan fingerprint density at radius 2 is 2.26 bits per heavy atom. The summed E-state index contributed by atoms with van der Waals surface area (Å²) in [4.78, 5) is 23.2. The van der Waals surface area contributed by atoms with Gasteiger partial charge in [0.15, 0.2) is 0 Å². The van der Waals surface area contributed by atoms with Crippen LogP contribution in [0.4, 0.5) is 11.4 Å². The maximum atomic E-state index is 12.1. The van der Waals surface area contributed by atoms with Gasteiger partial charge in [-0.05, 0) is 25.1 Å². The first kappa shape index (κ1) is 13.9. The first-order chi connectivity index (χ1) is 9.10. The molecule has 1 heterocycles. The number of rotatable bonds is 4. The molecule has 1 aromatic rings. The molecule has 2 rings (SSSR count). The Bertz CT molecular complexity index is 505. The van der Waals surface area contributed by atoms with E-state index >= 15 is 0 Å². The van der Waals surface area contributed by atoms with E-state index in [4.69, 9.17) is 0 Å². The first-order valence-corrected chi connectivity index (χ1v) is 7.00. The summed E-state index contributed by atoms with van der Waals surface area (Å²) < 4.78 is 0.894. The van der Waals surface area contributed by atoms with Crippen molar-refractivity contribution in [2.45, 2.75) is 13.3 Å². The molecule has 1 aromatic carbocycles. The van der Waals surface area contributed by atoms with Crippen molar-refractivity contribution in [2.75, 3.05) is 23.7 Å². The molecule has 1 atom stereocenters. The van der Waals surface area contributed by atoms with Gasteiger partial charge in [0, 0.05) is 24.0 Å². The van der Waals surface area contributed by atoms with Gasteiger partial charge in [-0.1, -0.05) is 15.9 Å². The zero-order valence-corrected chi connectivity index (χ0v) is 12.2. The molecule has 19 heavy (non-hydrogen) atoms. The van der Waals surface area contributed by atoms with Crippen molar-refractivity contribution in [1.82, 2.24) is 5.32 Å². The fraction of sp³-hybridized carbons (Fsp3) is 0.385. The molecule has 1 aliphatic rings. The Labute approximate surface area is 120 Å². The number of carbonyl (C=O) groups is 2. The van der Waals surface area contributed by atoms with Gasteiger partial charge in [0.2, 0.25) is 11.8 Å². The van der Waals surface area contributed by atoms with E-state index in [1.807, 2.05) is 25.1 Å². The molecule has 0 spiro atoms. The van der Waals surface area contributed by atoms with Gasteiger partial charge in [0.1, 0.15) is 0 Å². The minimum atomic E-state index is -0.291. The third kappa shape index (κ3) is 3.47. The van der Waals surface area contributed by atoms with Crippen molar-refractivity contribution in [3.05, 3.63) is 22.7 Å². The van der Waals surface area contributed by atoms with Crippen LogP contribution >= 0.6 is 15.9 Å². The Morgan fingerprint density at radius 3 is 2.89 bits per heavy atom. The quantitative estimate of drug-likeness (QED) is 0.792. The van der Waals surface area contributed by atoms with Gasteiger partial charge in [-0.15, -0.1) is 0 Å². The normalized spacial score (nSPS) is 18.0. The molecule has 6 heteroatoms. The summed E-state index contributed by atoms with van der Waals surface area (Å²) in [6.07, 6.45) is 0.260. The number of anilines is 2. The topological polar surface area (TPSA) is 70.2 Å². The van der Waals surface area contributed by atoms with Crippen molar-refractivity contribution in [3.8, 4) is 0 Å². The number of benzene rings is 1. The summed E-state index contributed by atoms with van der Waals surface area (Å²) in [5, 5.41) is 8.73. The third-order valence-corrected chi connectivity index (χ3v) is 3.45. The fourth-order valence-electron chi connectivity index (χ4n) is 1.99. The molecule has 5 nitrogen and oxygen atoms in total. The Kier molecular flexibility index (Phi) is 4.42. The molecule has 0 saturated carbocycles. The molecule has 3 N–H and O–H groups in total. The summed E-state index contributed by atoms with van der Waals surface area (Å²) in [5.41, 5.74) is 1.59. The van der Waals surface area contributed by atoms with Crippen LogP contribution in [0.2, 0.25) is 0 Å². The molecule has 102 valence electrons. The predicted molar refractivity (Wildman–Crippen MR) is 78.1 cm³/mol. The van der Waals surface area contributed by atoms with Gasteiger partial charge in [-0.3, -0.25) is 9.59 Å². The summed E-state index contributed by atoms with van der Waals surface area (Å²) in [5.74, 6) is -0.488. The second-order valence-corrected chi connectivity index (χ2v) is 5.33. The molecule has 0 radical (unpaired) electrons. The lowest BCUT2D eigenvalue weighted by atomic mass is 10.1. The molecular weight excluding hydrogens is 310 g/mol. The summed E-state index contributed by atoms with van der Waals surface area (Å²) >= 11 is 3.38. The molecule has 1 aliphatic heterocycles. The van der Waals surface area contributed by atoms with Crippen molar-refractivity contribution >= 4 is 39.1 Å². The van der Waals surface area contributed by atoms with Crippen LogP contribution in [0.5, 0.6) is 0 Å². The van der Waals surface area contributed by atoms with E-state index in [1.54, 1.807) is 0 Å². The van der Waals surface area contributed by atoms with Gasteiger partial charge >= 0.3 is 0 Å². The predicted octanol–water partition coefficient (Wildman–Crippen LogP) is 1.96. The highest BCUT2D eigenvalue weighted by Crippen LogP contribution is 2.27. The molecule has 2 amide bonds. The van der Waals surface area contributed by atoms with E-state index in [-0.39, 0.29) is 24.2 Å². The molecule has 0 aromatic heterocycles. The van der Waals surface area contributed by atoms with Crippen LogP contribution in [0.15, 0.2) is 22.7 Å². The van der Waals surface area contributed by atoms with Crippen LogP contribution in [-0.2, 0) is 9.59 Å². The zero-order chi connectivity index (χ0) is 13.8. The lowest BCUT2D eigenvalue weighted by Crippen LogP contribution is -2.25. The number of halogens is 1. The summed E-state index contributed by atoms with van der Waals surface area (Å²) in [7, 11) is 0. The third-order valence-electron chi connectivity index (χ3n) is 2.95. The molecule has 0 bridgehead atoms. The Hall–Kier alpha value is -1.56. The van der Waals surface area contributed by atoms with Crippen molar-refractivity contribution in [1.29, 1.82) is 0 Å². The molecule has 0 aliphatic carbocycles. The monoisotopic (exact) mass is 325 g/mol. The Balaban J connectivity index is 2.11. The largest absolute Gasteiger partial charge is 0.384 e. The maximum absolute atomic E-state index is 12.1. The average Bonchev–Trinajstić information content (AvgIpc) is 2.80. The van der Waals surface area contributed by atoms with E-state index in [0.29, 0.717) is 6.54 Å². The minimum Gasteiger partial charge on any atom is -0.384 e. The van der Waals surface area contributed by atoms with Crippen LogP contribution in [-0.4, -0.2) is 24.9 Å². The van der Waals surface area contributed by atoms with Crippen LogP contribution in [0, 0.1) is 5.92 Å².